The van der Waals surface area contributed by atoms with E-state index in [1.807, 2.05) is 36.4 Å². The Morgan fingerprint density at radius 1 is 0.729 bits per heavy atom. The molecule has 0 radical (unpaired) electrons. The quantitative estimate of drug-likeness (QED) is 0.0405. The maximum absolute atomic E-state index is 13.7. The fourth-order valence-electron chi connectivity index (χ4n) is 5.31. The number of para-hydroxylation sites is 2. The van der Waals surface area contributed by atoms with Crippen molar-refractivity contribution < 1.29 is 34.2 Å². The molecule has 0 aliphatic heterocycles. The van der Waals surface area contributed by atoms with Crippen molar-refractivity contribution in [2.24, 2.45) is 22.2 Å². The minimum atomic E-state index is -1.67. The van der Waals surface area contributed by atoms with Gasteiger partial charge >= 0.3 is 11.9 Å². The number of carbonyl (C=O) groups is 5. The molecule has 0 aliphatic rings. The summed E-state index contributed by atoms with van der Waals surface area (Å²) in [5.74, 6) is -5.43. The van der Waals surface area contributed by atoms with Crippen molar-refractivity contribution >= 4 is 57.4 Å². The van der Waals surface area contributed by atoms with E-state index in [1.165, 1.54) is 0 Å². The zero-order valence-electron chi connectivity index (χ0n) is 25.9. The number of guanidine groups is 1. The van der Waals surface area contributed by atoms with Crippen molar-refractivity contribution in [2.75, 3.05) is 6.54 Å². The van der Waals surface area contributed by atoms with Gasteiger partial charge in [0.2, 0.25) is 17.7 Å². The van der Waals surface area contributed by atoms with E-state index in [0.717, 1.165) is 21.8 Å². The van der Waals surface area contributed by atoms with Crippen LogP contribution in [0.4, 0.5) is 0 Å². The molecule has 4 atom stereocenters. The van der Waals surface area contributed by atoms with Gasteiger partial charge in [-0.05, 0) is 36.1 Å². The Labute approximate surface area is 274 Å². The van der Waals surface area contributed by atoms with Gasteiger partial charge in [0, 0.05) is 53.6 Å². The second-order valence-corrected chi connectivity index (χ2v) is 11.3. The third kappa shape index (κ3) is 9.32. The van der Waals surface area contributed by atoms with Gasteiger partial charge < -0.3 is 53.3 Å². The number of rotatable bonds is 17. The Balaban J connectivity index is 1.52. The third-order valence-electron chi connectivity index (χ3n) is 7.76. The number of aliphatic carboxylic acids is 2. The van der Waals surface area contributed by atoms with Crippen LogP contribution >= 0.6 is 0 Å². The number of aromatic nitrogens is 2. The van der Waals surface area contributed by atoms with E-state index < -0.39 is 60.2 Å². The molecule has 48 heavy (non-hydrogen) atoms. The van der Waals surface area contributed by atoms with E-state index in [1.54, 1.807) is 24.5 Å². The molecule has 0 bridgehead atoms. The molecule has 16 heteroatoms. The van der Waals surface area contributed by atoms with Gasteiger partial charge in [-0.3, -0.25) is 24.2 Å². The molecule has 0 spiro atoms. The van der Waals surface area contributed by atoms with Crippen LogP contribution in [0.5, 0.6) is 0 Å². The van der Waals surface area contributed by atoms with Gasteiger partial charge in [-0.1, -0.05) is 36.4 Å². The van der Waals surface area contributed by atoms with Crippen molar-refractivity contribution in [3.63, 3.8) is 0 Å². The summed E-state index contributed by atoms with van der Waals surface area (Å²) in [6, 6.07) is 9.09. The average Bonchev–Trinajstić information content (AvgIpc) is 3.65. The van der Waals surface area contributed by atoms with Crippen molar-refractivity contribution in [3.8, 4) is 0 Å². The lowest BCUT2D eigenvalue weighted by Gasteiger charge is -2.24. The number of benzene rings is 2. The number of nitrogens with zero attached hydrogens (tertiary/aromatic N) is 1. The van der Waals surface area contributed by atoms with E-state index >= 15 is 0 Å². The van der Waals surface area contributed by atoms with Crippen LogP contribution in [-0.2, 0) is 36.8 Å². The molecule has 2 aromatic heterocycles. The number of carbonyl (C=O) groups excluding carboxylic acids is 3. The minimum Gasteiger partial charge on any atom is -0.481 e. The molecule has 13 N–H and O–H groups in total. The number of carboxylic acid groups (broad SMARTS) is 2. The molecule has 2 aromatic carbocycles. The summed E-state index contributed by atoms with van der Waals surface area (Å²) in [6.07, 6.45) is 2.88. The minimum absolute atomic E-state index is 0.0397. The first kappa shape index (κ1) is 35.0. The van der Waals surface area contributed by atoms with Gasteiger partial charge in [0.25, 0.3) is 0 Å². The molecule has 0 saturated heterocycles. The number of aromatic amines is 2. The molecule has 0 aliphatic carbocycles. The highest BCUT2D eigenvalue weighted by atomic mass is 16.4. The van der Waals surface area contributed by atoms with Gasteiger partial charge in [-0.15, -0.1) is 0 Å². The first-order valence-electron chi connectivity index (χ1n) is 15.2. The van der Waals surface area contributed by atoms with E-state index in [2.05, 4.69) is 30.9 Å². The average molecular weight is 662 g/mol. The number of nitrogens with two attached hydrogens (primary N) is 3. The fourth-order valence-corrected chi connectivity index (χ4v) is 5.31. The Hall–Kier alpha value is -5.90. The lowest BCUT2D eigenvalue weighted by molar-refractivity contribution is -0.143. The molecule has 4 aromatic rings. The molecule has 4 rings (SSSR count). The monoisotopic (exact) mass is 661 g/mol. The lowest BCUT2D eigenvalue weighted by Crippen LogP contribution is -2.58. The number of H-pyrrole nitrogens is 2. The number of nitrogens with one attached hydrogen (secondary N) is 5. The van der Waals surface area contributed by atoms with Crippen LogP contribution in [0.25, 0.3) is 21.8 Å². The van der Waals surface area contributed by atoms with Crippen molar-refractivity contribution in [3.05, 3.63) is 72.1 Å². The summed E-state index contributed by atoms with van der Waals surface area (Å²) in [7, 11) is 0. The lowest BCUT2D eigenvalue weighted by atomic mass is 10.0. The van der Waals surface area contributed by atoms with Crippen molar-refractivity contribution in [2.45, 2.75) is 56.3 Å². The molecule has 3 amide bonds. The molecular formula is C32H39N9O7. The molecule has 254 valence electrons. The predicted octanol–water partition coefficient (Wildman–Crippen LogP) is -0.171. The normalized spacial score (nSPS) is 13.6. The Bertz CT molecular complexity index is 1810. The standard InChI is InChI=1S/C32H39N9O7/c33-21(8-5-11-36-32(34)35)28(44)39-24(12-17-15-37-22-9-3-1-6-19(17)22)29(45)40-25(14-27(42)43)30(46)41-26(31(47)48)13-18-16-38-23-10-4-2-7-20(18)23/h1-4,6-7,9-10,15-16,21,24-26,37-38H,5,8,11-14,33H2,(H,39,44)(H,40,45)(H,41,46)(H,42,43)(H,47,48)(H4,34,35,36). The summed E-state index contributed by atoms with van der Waals surface area (Å²) in [5, 5.41) is 28.4. The van der Waals surface area contributed by atoms with E-state index in [9.17, 15) is 34.2 Å². The van der Waals surface area contributed by atoms with E-state index in [-0.39, 0.29) is 31.8 Å². The molecule has 16 nitrogen and oxygen atoms in total. The van der Waals surface area contributed by atoms with E-state index in [0.29, 0.717) is 17.5 Å². The van der Waals surface area contributed by atoms with Gasteiger partial charge in [0.05, 0.1) is 12.5 Å². The predicted molar refractivity (Wildman–Crippen MR) is 178 cm³/mol. The second kappa shape index (κ2) is 16.1. The van der Waals surface area contributed by atoms with Crippen LogP contribution < -0.4 is 33.2 Å². The number of amides is 3. The van der Waals surface area contributed by atoms with Crippen LogP contribution in [0.1, 0.15) is 30.4 Å². The molecule has 0 saturated carbocycles. The Morgan fingerprint density at radius 2 is 1.23 bits per heavy atom. The number of aliphatic imine (C=N–C) groups is 1. The third-order valence-corrected chi connectivity index (χ3v) is 7.76. The van der Waals surface area contributed by atoms with Crippen LogP contribution in [0.3, 0.4) is 0 Å². The molecule has 4 unspecified atom stereocenters. The zero-order chi connectivity index (χ0) is 34.8. The topological polar surface area (TPSA) is 284 Å². The summed E-state index contributed by atoms with van der Waals surface area (Å²) in [5.41, 5.74) is 19.6. The summed E-state index contributed by atoms with van der Waals surface area (Å²) >= 11 is 0. The maximum atomic E-state index is 13.7. The Kier molecular flexibility index (Phi) is 11.7. The highest BCUT2D eigenvalue weighted by Crippen LogP contribution is 2.21. The number of fused-ring (bicyclic) bond motifs is 2. The van der Waals surface area contributed by atoms with E-state index in [4.69, 9.17) is 17.2 Å². The maximum Gasteiger partial charge on any atom is 0.326 e. The second-order valence-electron chi connectivity index (χ2n) is 11.3. The Morgan fingerprint density at radius 3 is 1.77 bits per heavy atom. The number of hydrogen-bond acceptors (Lipinski definition) is 7. The van der Waals surface area contributed by atoms with Crippen molar-refractivity contribution in [1.82, 2.24) is 25.9 Å². The van der Waals surface area contributed by atoms with Crippen LogP contribution in [0, 0.1) is 0 Å². The first-order valence-corrected chi connectivity index (χ1v) is 15.2. The first-order chi connectivity index (χ1) is 22.9. The summed E-state index contributed by atoms with van der Waals surface area (Å²) < 4.78 is 0. The highest BCUT2D eigenvalue weighted by molar-refractivity contribution is 5.96. The summed E-state index contributed by atoms with van der Waals surface area (Å²) in [6.45, 7) is 0.242. The summed E-state index contributed by atoms with van der Waals surface area (Å²) in [4.78, 5) is 74.1. The fraction of sp³-hybridized carbons (Fsp3) is 0.312. The van der Waals surface area contributed by atoms with Crippen LogP contribution in [0.2, 0.25) is 0 Å². The van der Waals surface area contributed by atoms with Crippen LogP contribution in [-0.4, -0.2) is 86.5 Å². The molecule has 2 heterocycles. The van der Waals surface area contributed by atoms with Gasteiger partial charge in [-0.2, -0.15) is 0 Å². The van der Waals surface area contributed by atoms with Crippen LogP contribution in [0.15, 0.2) is 65.9 Å². The number of carboxylic acids is 2. The van der Waals surface area contributed by atoms with Gasteiger partial charge in [-0.25, -0.2) is 4.79 Å². The van der Waals surface area contributed by atoms with Gasteiger partial charge in [0.15, 0.2) is 5.96 Å². The number of hydrogen-bond donors (Lipinski definition) is 10. The highest BCUT2D eigenvalue weighted by Gasteiger charge is 2.32. The molecular weight excluding hydrogens is 622 g/mol. The SMILES string of the molecule is NC(N)=NCCCC(N)C(=O)NC(Cc1c[nH]c2ccccc12)C(=O)NC(CC(=O)O)C(=O)NC(Cc1c[nH]c2ccccc12)C(=O)O. The largest absolute Gasteiger partial charge is 0.481 e. The zero-order valence-corrected chi connectivity index (χ0v) is 25.9. The molecule has 0 fully saturated rings. The van der Waals surface area contributed by atoms with Gasteiger partial charge in [0.1, 0.15) is 18.1 Å². The van der Waals surface area contributed by atoms with Crippen molar-refractivity contribution in [1.29, 1.82) is 0 Å². The smallest absolute Gasteiger partial charge is 0.326 e.